The molecule has 1 atom stereocenters. The van der Waals surface area contributed by atoms with Crippen LogP contribution in [0.25, 0.3) is 0 Å². The number of nitro benzene ring substituents is 1. The molecule has 0 aliphatic carbocycles. The predicted molar refractivity (Wildman–Crippen MR) is 89.3 cm³/mol. The molecule has 2 aliphatic heterocycles. The summed E-state index contributed by atoms with van der Waals surface area (Å²) in [6.45, 7) is 3.42. The van der Waals surface area contributed by atoms with E-state index in [1.54, 1.807) is 4.90 Å². The van der Waals surface area contributed by atoms with Crippen LogP contribution >= 0.6 is 0 Å². The fourth-order valence-electron chi connectivity index (χ4n) is 3.10. The summed E-state index contributed by atoms with van der Waals surface area (Å²) < 4.78 is 15.7. The third-order valence-electron chi connectivity index (χ3n) is 4.41. The van der Waals surface area contributed by atoms with E-state index < -0.39 is 23.2 Å². The van der Waals surface area contributed by atoms with Gasteiger partial charge in [-0.3, -0.25) is 14.9 Å². The molecule has 0 spiro atoms. The molecule has 0 N–H and O–H groups in total. The van der Waals surface area contributed by atoms with Crippen LogP contribution in [0.2, 0.25) is 0 Å². The number of nitro groups is 1. The number of benzene rings is 1. The van der Waals surface area contributed by atoms with Crippen LogP contribution in [0.5, 0.6) is 11.5 Å². The largest absolute Gasteiger partial charge is 0.486 e. The van der Waals surface area contributed by atoms with E-state index >= 15 is 0 Å². The topological polar surface area (TPSA) is 108 Å². The van der Waals surface area contributed by atoms with Crippen molar-refractivity contribution in [2.75, 3.05) is 32.9 Å². The van der Waals surface area contributed by atoms with Gasteiger partial charge in [0.2, 0.25) is 0 Å². The Morgan fingerprint density at radius 3 is 2.65 bits per heavy atom. The number of carbonyl (C=O) groups excluding carboxylic acids is 2. The predicted octanol–water partition coefficient (Wildman–Crippen LogP) is 1.78. The Morgan fingerprint density at radius 1 is 1.31 bits per heavy atom. The maximum atomic E-state index is 12.3. The van der Waals surface area contributed by atoms with E-state index in [1.165, 1.54) is 6.07 Å². The molecule has 2 aliphatic rings. The number of fused-ring (bicyclic) bond motifs is 1. The van der Waals surface area contributed by atoms with E-state index in [1.807, 2.05) is 0 Å². The summed E-state index contributed by atoms with van der Waals surface area (Å²) in [5.41, 5.74) is -0.711. The Hall–Kier alpha value is -2.84. The van der Waals surface area contributed by atoms with Crippen molar-refractivity contribution in [1.82, 2.24) is 4.90 Å². The molecule has 26 heavy (non-hydrogen) atoms. The molecule has 1 saturated heterocycles. The number of ether oxygens (including phenoxy) is 3. The van der Waals surface area contributed by atoms with E-state index in [0.717, 1.165) is 18.9 Å². The summed E-state index contributed by atoms with van der Waals surface area (Å²) in [6.07, 6.45) is 1.97. The Balaban J connectivity index is 1.71. The second-order valence-electron chi connectivity index (χ2n) is 6.43. The van der Waals surface area contributed by atoms with Crippen LogP contribution in [0.4, 0.5) is 5.69 Å². The molecule has 0 bridgehead atoms. The second-order valence-corrected chi connectivity index (χ2v) is 6.43. The van der Waals surface area contributed by atoms with Crippen molar-refractivity contribution in [1.29, 1.82) is 0 Å². The van der Waals surface area contributed by atoms with Gasteiger partial charge < -0.3 is 19.1 Å². The standard InChI is InChI=1S/C17H20N2O7/c1-11-3-2-4-18(9-11)16(20)10-26-17(21)12-7-14-15(25-6-5-24-14)8-13(12)19(22)23/h7-8,11H,2-6,9-10H2,1H3/t11-/m1/s1. The molecule has 1 aromatic carbocycles. The smallest absolute Gasteiger partial charge is 0.345 e. The number of carbonyl (C=O) groups is 2. The Bertz CT molecular complexity index is 734. The summed E-state index contributed by atoms with van der Waals surface area (Å²) >= 11 is 0. The molecule has 140 valence electrons. The quantitative estimate of drug-likeness (QED) is 0.455. The average Bonchev–Trinajstić information content (AvgIpc) is 2.64. The maximum Gasteiger partial charge on any atom is 0.345 e. The van der Waals surface area contributed by atoms with E-state index in [9.17, 15) is 19.7 Å². The highest BCUT2D eigenvalue weighted by molar-refractivity contribution is 5.96. The number of likely N-dealkylation sites (tertiary alicyclic amines) is 1. The second kappa shape index (κ2) is 7.59. The molecule has 0 unspecified atom stereocenters. The number of rotatable bonds is 4. The van der Waals surface area contributed by atoms with Crippen LogP contribution in [0.3, 0.4) is 0 Å². The number of piperidine rings is 1. The van der Waals surface area contributed by atoms with Gasteiger partial charge in [0.1, 0.15) is 18.8 Å². The van der Waals surface area contributed by atoms with Gasteiger partial charge in [0.15, 0.2) is 18.1 Å². The first-order valence-corrected chi connectivity index (χ1v) is 8.48. The SMILES string of the molecule is C[C@@H]1CCCN(C(=O)COC(=O)c2cc3c(cc2[N+](=O)[O-])OCCO3)C1. The van der Waals surface area contributed by atoms with Crippen molar-refractivity contribution in [3.8, 4) is 11.5 Å². The first kappa shape index (κ1) is 18.0. The molecule has 1 aromatic rings. The fourth-order valence-corrected chi connectivity index (χ4v) is 3.10. The van der Waals surface area contributed by atoms with Crippen LogP contribution in [0.1, 0.15) is 30.1 Å². The van der Waals surface area contributed by atoms with E-state index in [4.69, 9.17) is 14.2 Å². The van der Waals surface area contributed by atoms with Crippen molar-refractivity contribution < 1.29 is 28.7 Å². The Kier molecular flexibility index (Phi) is 5.24. The van der Waals surface area contributed by atoms with Gasteiger partial charge in [0.05, 0.1) is 11.0 Å². The van der Waals surface area contributed by atoms with Crippen LogP contribution < -0.4 is 9.47 Å². The maximum absolute atomic E-state index is 12.3. The van der Waals surface area contributed by atoms with E-state index in [0.29, 0.717) is 19.0 Å². The molecule has 3 rings (SSSR count). The van der Waals surface area contributed by atoms with Gasteiger partial charge in [-0.1, -0.05) is 6.92 Å². The molecule has 0 saturated carbocycles. The monoisotopic (exact) mass is 364 g/mol. The molecule has 0 radical (unpaired) electrons. The number of nitrogens with zero attached hydrogens (tertiary/aromatic N) is 2. The summed E-state index contributed by atoms with van der Waals surface area (Å²) in [5.74, 6) is -0.387. The van der Waals surface area contributed by atoms with Gasteiger partial charge in [0, 0.05) is 19.2 Å². The Labute approximate surface area is 150 Å². The van der Waals surface area contributed by atoms with Gasteiger partial charge in [-0.25, -0.2) is 4.79 Å². The summed E-state index contributed by atoms with van der Waals surface area (Å²) in [7, 11) is 0. The van der Waals surface area contributed by atoms with Crippen LogP contribution in [0.15, 0.2) is 12.1 Å². The molecule has 9 nitrogen and oxygen atoms in total. The number of esters is 1. The lowest BCUT2D eigenvalue weighted by molar-refractivity contribution is -0.385. The summed E-state index contributed by atoms with van der Waals surface area (Å²) in [5, 5.41) is 11.3. The van der Waals surface area contributed by atoms with Crippen molar-refractivity contribution in [2.45, 2.75) is 19.8 Å². The molecular weight excluding hydrogens is 344 g/mol. The van der Waals surface area contributed by atoms with Crippen LogP contribution in [-0.2, 0) is 9.53 Å². The zero-order chi connectivity index (χ0) is 18.7. The molecule has 1 amide bonds. The highest BCUT2D eigenvalue weighted by atomic mass is 16.6. The molecule has 9 heteroatoms. The van der Waals surface area contributed by atoms with Gasteiger partial charge in [-0.2, -0.15) is 0 Å². The summed E-state index contributed by atoms with van der Waals surface area (Å²) in [4.78, 5) is 36.7. The first-order valence-electron chi connectivity index (χ1n) is 8.48. The zero-order valence-electron chi connectivity index (χ0n) is 14.4. The van der Waals surface area contributed by atoms with Gasteiger partial charge >= 0.3 is 5.97 Å². The minimum Gasteiger partial charge on any atom is -0.486 e. The van der Waals surface area contributed by atoms with Crippen molar-refractivity contribution in [3.05, 3.63) is 27.8 Å². The van der Waals surface area contributed by atoms with Crippen molar-refractivity contribution in [3.63, 3.8) is 0 Å². The third kappa shape index (κ3) is 3.87. The van der Waals surface area contributed by atoms with Crippen molar-refractivity contribution >= 4 is 17.6 Å². The van der Waals surface area contributed by atoms with Gasteiger partial charge in [0.25, 0.3) is 11.6 Å². The minimum absolute atomic E-state index is 0.206. The zero-order valence-corrected chi connectivity index (χ0v) is 14.4. The van der Waals surface area contributed by atoms with Gasteiger partial charge in [-0.05, 0) is 18.8 Å². The van der Waals surface area contributed by atoms with Crippen LogP contribution in [0, 0.1) is 16.0 Å². The number of hydrogen-bond acceptors (Lipinski definition) is 7. The lowest BCUT2D eigenvalue weighted by Crippen LogP contribution is -2.41. The molecule has 2 heterocycles. The average molecular weight is 364 g/mol. The van der Waals surface area contributed by atoms with E-state index in [-0.39, 0.29) is 36.2 Å². The third-order valence-corrected chi connectivity index (χ3v) is 4.41. The first-order chi connectivity index (χ1) is 12.5. The number of amides is 1. The summed E-state index contributed by atoms with van der Waals surface area (Å²) in [6, 6.07) is 2.36. The fraction of sp³-hybridized carbons (Fsp3) is 0.529. The minimum atomic E-state index is -0.938. The lowest BCUT2D eigenvalue weighted by Gasteiger charge is -2.30. The molecule has 1 fully saturated rings. The molecule has 0 aromatic heterocycles. The van der Waals surface area contributed by atoms with Gasteiger partial charge in [-0.15, -0.1) is 0 Å². The number of hydrogen-bond donors (Lipinski definition) is 0. The lowest BCUT2D eigenvalue weighted by atomic mass is 10.0. The highest BCUT2D eigenvalue weighted by Gasteiger charge is 2.28. The van der Waals surface area contributed by atoms with E-state index in [2.05, 4.69) is 6.92 Å². The normalized spacial score (nSPS) is 19.0. The van der Waals surface area contributed by atoms with Crippen LogP contribution in [-0.4, -0.2) is 54.6 Å². The Morgan fingerprint density at radius 2 is 2.00 bits per heavy atom. The van der Waals surface area contributed by atoms with Crippen molar-refractivity contribution in [2.24, 2.45) is 5.92 Å². The molecular formula is C17H20N2O7. The highest BCUT2D eigenvalue weighted by Crippen LogP contribution is 2.36.